The fourth-order valence-electron chi connectivity index (χ4n) is 2.40. The van der Waals surface area contributed by atoms with Crippen LogP contribution in [0.4, 0.5) is 5.13 Å². The molecule has 2 aromatic rings. The standard InChI is InChI=1S/C15H22N2S/c1-5-12(6-2)11(4)16-15-17-13-8-7-10(3)9-14(13)18-15/h7-9,11-12H,5-6H2,1-4H3,(H,16,17). The van der Waals surface area contributed by atoms with Crippen LogP contribution in [0.15, 0.2) is 18.2 Å². The van der Waals surface area contributed by atoms with E-state index in [9.17, 15) is 0 Å². The number of rotatable bonds is 5. The molecule has 0 spiro atoms. The maximum absolute atomic E-state index is 4.65. The Morgan fingerprint density at radius 3 is 2.67 bits per heavy atom. The van der Waals surface area contributed by atoms with Gasteiger partial charge in [0.05, 0.1) is 10.2 Å². The highest BCUT2D eigenvalue weighted by Crippen LogP contribution is 2.28. The molecule has 2 nitrogen and oxygen atoms in total. The number of anilines is 1. The summed E-state index contributed by atoms with van der Waals surface area (Å²) in [7, 11) is 0. The summed E-state index contributed by atoms with van der Waals surface area (Å²) >= 11 is 1.76. The van der Waals surface area contributed by atoms with Gasteiger partial charge in [-0.05, 0) is 37.5 Å². The summed E-state index contributed by atoms with van der Waals surface area (Å²) in [6, 6.07) is 6.92. The topological polar surface area (TPSA) is 24.9 Å². The van der Waals surface area contributed by atoms with Crippen molar-refractivity contribution in [2.75, 3.05) is 5.32 Å². The van der Waals surface area contributed by atoms with Crippen LogP contribution in [0.1, 0.15) is 39.2 Å². The molecular formula is C15H22N2S. The Morgan fingerprint density at radius 1 is 1.28 bits per heavy atom. The van der Waals surface area contributed by atoms with E-state index in [2.05, 4.69) is 56.2 Å². The van der Waals surface area contributed by atoms with Gasteiger partial charge in [-0.1, -0.05) is 44.1 Å². The molecule has 0 bridgehead atoms. The van der Waals surface area contributed by atoms with Gasteiger partial charge in [-0.25, -0.2) is 4.98 Å². The highest BCUT2D eigenvalue weighted by molar-refractivity contribution is 7.22. The predicted molar refractivity (Wildman–Crippen MR) is 81.5 cm³/mol. The van der Waals surface area contributed by atoms with Gasteiger partial charge in [0.1, 0.15) is 0 Å². The first-order valence-corrected chi connectivity index (χ1v) is 7.59. The minimum atomic E-state index is 0.488. The number of hydrogen-bond acceptors (Lipinski definition) is 3. The zero-order valence-electron chi connectivity index (χ0n) is 11.7. The summed E-state index contributed by atoms with van der Waals surface area (Å²) in [5.41, 5.74) is 2.40. The molecule has 0 amide bonds. The predicted octanol–water partition coefficient (Wildman–Crippen LogP) is 4.84. The van der Waals surface area contributed by atoms with Gasteiger partial charge in [-0.15, -0.1) is 0 Å². The van der Waals surface area contributed by atoms with Crippen molar-refractivity contribution >= 4 is 26.7 Å². The van der Waals surface area contributed by atoms with Crippen LogP contribution in [0.25, 0.3) is 10.2 Å². The lowest BCUT2D eigenvalue weighted by atomic mass is 9.96. The van der Waals surface area contributed by atoms with Crippen molar-refractivity contribution in [1.29, 1.82) is 0 Å². The van der Waals surface area contributed by atoms with Crippen LogP contribution in [0, 0.1) is 12.8 Å². The lowest BCUT2D eigenvalue weighted by molar-refractivity contribution is 0.438. The molecule has 1 aromatic heterocycles. The highest BCUT2D eigenvalue weighted by Gasteiger charge is 2.14. The Morgan fingerprint density at radius 2 is 2.00 bits per heavy atom. The Labute approximate surface area is 113 Å². The van der Waals surface area contributed by atoms with Crippen LogP contribution >= 0.6 is 11.3 Å². The lowest BCUT2D eigenvalue weighted by Gasteiger charge is -2.21. The van der Waals surface area contributed by atoms with E-state index in [-0.39, 0.29) is 0 Å². The molecule has 1 atom stereocenters. The lowest BCUT2D eigenvalue weighted by Crippen LogP contribution is -2.24. The van der Waals surface area contributed by atoms with Crippen LogP contribution < -0.4 is 5.32 Å². The average molecular weight is 262 g/mol. The van der Waals surface area contributed by atoms with E-state index >= 15 is 0 Å². The summed E-state index contributed by atoms with van der Waals surface area (Å²) in [5, 5.41) is 4.61. The van der Waals surface area contributed by atoms with Gasteiger partial charge in [-0.3, -0.25) is 0 Å². The average Bonchev–Trinajstić information content (AvgIpc) is 2.71. The number of fused-ring (bicyclic) bond motifs is 1. The van der Waals surface area contributed by atoms with Crippen LogP contribution in [0.2, 0.25) is 0 Å². The maximum Gasteiger partial charge on any atom is 0.184 e. The van der Waals surface area contributed by atoms with Gasteiger partial charge in [0.15, 0.2) is 5.13 Å². The van der Waals surface area contributed by atoms with E-state index in [1.807, 2.05) is 0 Å². The Kier molecular flexibility index (Phi) is 4.23. The third kappa shape index (κ3) is 2.83. The van der Waals surface area contributed by atoms with Crippen molar-refractivity contribution in [3.63, 3.8) is 0 Å². The second-order valence-corrected chi connectivity index (χ2v) is 6.03. The number of nitrogens with one attached hydrogen (secondary N) is 1. The number of benzene rings is 1. The van der Waals surface area contributed by atoms with Crippen LogP contribution in [0.5, 0.6) is 0 Å². The Bertz CT molecular complexity index is 514. The molecule has 1 unspecified atom stereocenters. The molecule has 3 heteroatoms. The fourth-order valence-corrected chi connectivity index (χ4v) is 3.46. The second-order valence-electron chi connectivity index (χ2n) is 5.00. The molecular weight excluding hydrogens is 240 g/mol. The van der Waals surface area contributed by atoms with E-state index in [1.54, 1.807) is 11.3 Å². The smallest absolute Gasteiger partial charge is 0.184 e. The zero-order valence-corrected chi connectivity index (χ0v) is 12.5. The second kappa shape index (κ2) is 5.70. The molecule has 0 aliphatic rings. The maximum atomic E-state index is 4.65. The first-order valence-electron chi connectivity index (χ1n) is 6.77. The van der Waals surface area contributed by atoms with E-state index in [1.165, 1.54) is 23.1 Å². The first-order chi connectivity index (χ1) is 8.63. The zero-order chi connectivity index (χ0) is 13.1. The Balaban J connectivity index is 2.16. The first kappa shape index (κ1) is 13.3. The van der Waals surface area contributed by atoms with Crippen molar-refractivity contribution in [3.05, 3.63) is 23.8 Å². The summed E-state index contributed by atoms with van der Waals surface area (Å²) in [6.07, 6.45) is 2.43. The summed E-state index contributed by atoms with van der Waals surface area (Å²) in [4.78, 5) is 4.65. The third-order valence-corrected chi connectivity index (χ3v) is 4.60. The molecule has 1 aromatic carbocycles. The monoisotopic (exact) mass is 262 g/mol. The van der Waals surface area contributed by atoms with Gasteiger partial charge in [-0.2, -0.15) is 0 Å². The van der Waals surface area contributed by atoms with Crippen LogP contribution in [-0.2, 0) is 0 Å². The van der Waals surface area contributed by atoms with Crippen molar-refractivity contribution < 1.29 is 0 Å². The SMILES string of the molecule is CCC(CC)C(C)Nc1nc2ccc(C)cc2s1. The molecule has 98 valence electrons. The fraction of sp³-hybridized carbons (Fsp3) is 0.533. The minimum Gasteiger partial charge on any atom is -0.359 e. The van der Waals surface area contributed by atoms with Gasteiger partial charge < -0.3 is 5.32 Å². The Hall–Kier alpha value is -1.09. The normalized spacial score (nSPS) is 13.2. The summed E-state index contributed by atoms with van der Waals surface area (Å²) in [6.45, 7) is 8.90. The summed E-state index contributed by atoms with van der Waals surface area (Å²) < 4.78 is 1.27. The molecule has 0 radical (unpaired) electrons. The molecule has 1 heterocycles. The van der Waals surface area contributed by atoms with Crippen molar-refractivity contribution in [3.8, 4) is 0 Å². The van der Waals surface area contributed by atoms with E-state index in [4.69, 9.17) is 0 Å². The number of aryl methyl sites for hydroxylation is 1. The molecule has 1 N–H and O–H groups in total. The molecule has 0 aliphatic carbocycles. The molecule has 0 aliphatic heterocycles. The molecule has 0 saturated heterocycles. The molecule has 2 rings (SSSR count). The third-order valence-electron chi connectivity index (χ3n) is 3.65. The molecule has 18 heavy (non-hydrogen) atoms. The van der Waals surface area contributed by atoms with Crippen molar-refractivity contribution in [2.45, 2.75) is 46.6 Å². The number of nitrogens with zero attached hydrogens (tertiary/aromatic N) is 1. The minimum absolute atomic E-state index is 0.488. The van der Waals surface area contributed by atoms with Crippen molar-refractivity contribution in [1.82, 2.24) is 4.98 Å². The quantitative estimate of drug-likeness (QED) is 0.834. The molecule has 0 fully saturated rings. The van der Waals surface area contributed by atoms with Gasteiger partial charge in [0.2, 0.25) is 0 Å². The highest BCUT2D eigenvalue weighted by atomic mass is 32.1. The van der Waals surface area contributed by atoms with E-state index in [0.717, 1.165) is 16.6 Å². The largest absolute Gasteiger partial charge is 0.359 e. The molecule has 0 saturated carbocycles. The number of hydrogen-bond donors (Lipinski definition) is 1. The van der Waals surface area contributed by atoms with Gasteiger partial charge in [0.25, 0.3) is 0 Å². The van der Waals surface area contributed by atoms with E-state index in [0.29, 0.717) is 6.04 Å². The number of aromatic nitrogens is 1. The number of thiazole rings is 1. The van der Waals surface area contributed by atoms with Gasteiger partial charge >= 0.3 is 0 Å². The van der Waals surface area contributed by atoms with Crippen molar-refractivity contribution in [2.24, 2.45) is 5.92 Å². The van der Waals surface area contributed by atoms with Gasteiger partial charge in [0, 0.05) is 6.04 Å². The van der Waals surface area contributed by atoms with Crippen LogP contribution in [-0.4, -0.2) is 11.0 Å². The summed E-state index contributed by atoms with van der Waals surface area (Å²) in [5.74, 6) is 0.721. The van der Waals surface area contributed by atoms with Crippen LogP contribution in [0.3, 0.4) is 0 Å². The van der Waals surface area contributed by atoms with E-state index < -0.39 is 0 Å².